The van der Waals surface area contributed by atoms with Gasteiger partial charge in [-0.3, -0.25) is 9.20 Å². The van der Waals surface area contributed by atoms with E-state index >= 15 is 0 Å². The van der Waals surface area contributed by atoms with Crippen molar-refractivity contribution in [3.05, 3.63) is 65.9 Å². The Morgan fingerprint density at radius 3 is 2.82 bits per heavy atom. The number of amides is 1. The van der Waals surface area contributed by atoms with Crippen LogP contribution in [0.25, 0.3) is 17.0 Å². The molecule has 0 radical (unpaired) electrons. The minimum Gasteiger partial charge on any atom is -0.339 e. The average molecular weight is 457 g/mol. The maximum Gasteiger partial charge on any atom is 0.274 e. The van der Waals surface area contributed by atoms with Gasteiger partial charge in [0.25, 0.3) is 5.91 Å². The zero-order valence-electron chi connectivity index (χ0n) is 19.3. The largest absolute Gasteiger partial charge is 0.339 e. The van der Waals surface area contributed by atoms with Crippen molar-refractivity contribution in [2.45, 2.75) is 51.0 Å². The summed E-state index contributed by atoms with van der Waals surface area (Å²) in [6.07, 6.45) is 9.59. The van der Waals surface area contributed by atoms with Crippen molar-refractivity contribution in [1.82, 2.24) is 24.4 Å². The summed E-state index contributed by atoms with van der Waals surface area (Å²) in [6, 6.07) is 12.1. The molecule has 1 aliphatic heterocycles. The van der Waals surface area contributed by atoms with Gasteiger partial charge in [0.15, 0.2) is 0 Å². The fraction of sp³-hybridized carbons (Fsp3) is 0.385. The molecule has 4 aromatic rings. The number of hydrogen-bond donors (Lipinski definition) is 1. The summed E-state index contributed by atoms with van der Waals surface area (Å²) >= 11 is 0. The number of piperidine rings is 1. The number of benzene rings is 1. The topological polar surface area (TPSA) is 88.6 Å². The zero-order chi connectivity index (χ0) is 23.1. The van der Waals surface area contributed by atoms with Crippen LogP contribution in [0.2, 0.25) is 0 Å². The van der Waals surface area contributed by atoms with Crippen LogP contribution in [0.5, 0.6) is 0 Å². The molecule has 8 nitrogen and oxygen atoms in total. The highest BCUT2D eigenvalue weighted by Crippen LogP contribution is 2.40. The molecule has 2 fully saturated rings. The van der Waals surface area contributed by atoms with Crippen LogP contribution in [0.3, 0.4) is 0 Å². The van der Waals surface area contributed by atoms with E-state index in [0.29, 0.717) is 29.2 Å². The first-order chi connectivity index (χ1) is 16.7. The van der Waals surface area contributed by atoms with Gasteiger partial charge in [-0.2, -0.15) is 4.98 Å². The van der Waals surface area contributed by atoms with Gasteiger partial charge >= 0.3 is 0 Å². The molecule has 1 aliphatic carbocycles. The second kappa shape index (κ2) is 8.68. The third-order valence-corrected chi connectivity index (χ3v) is 7.20. The molecule has 174 valence electrons. The summed E-state index contributed by atoms with van der Waals surface area (Å²) in [6.45, 7) is 4.41. The summed E-state index contributed by atoms with van der Waals surface area (Å²) in [7, 11) is 0. The molecular formula is C26H28N6O2. The number of aryl methyl sites for hydroxylation is 1. The lowest BCUT2D eigenvalue weighted by atomic mass is 9.78. The van der Waals surface area contributed by atoms with Gasteiger partial charge < -0.3 is 14.7 Å². The van der Waals surface area contributed by atoms with Crippen LogP contribution in [0.15, 0.2) is 53.3 Å². The smallest absolute Gasteiger partial charge is 0.274 e. The fourth-order valence-electron chi connectivity index (χ4n) is 5.07. The third-order valence-electron chi connectivity index (χ3n) is 7.20. The van der Waals surface area contributed by atoms with E-state index in [2.05, 4.69) is 20.4 Å². The van der Waals surface area contributed by atoms with Gasteiger partial charge in [-0.05, 0) is 69.5 Å². The van der Waals surface area contributed by atoms with Gasteiger partial charge in [-0.15, -0.1) is 0 Å². The molecule has 8 heteroatoms. The summed E-state index contributed by atoms with van der Waals surface area (Å²) in [5.41, 5.74) is 3.71. The fourth-order valence-corrected chi connectivity index (χ4v) is 5.07. The molecule has 6 rings (SSSR count). The Kier molecular flexibility index (Phi) is 5.37. The molecule has 0 spiro atoms. The van der Waals surface area contributed by atoms with Crippen molar-refractivity contribution in [3.63, 3.8) is 0 Å². The van der Waals surface area contributed by atoms with Gasteiger partial charge in [0.1, 0.15) is 11.3 Å². The van der Waals surface area contributed by atoms with Gasteiger partial charge in [0, 0.05) is 29.4 Å². The zero-order valence-corrected chi connectivity index (χ0v) is 19.3. The first kappa shape index (κ1) is 21.0. The van der Waals surface area contributed by atoms with E-state index in [4.69, 9.17) is 9.51 Å². The maximum atomic E-state index is 13.0. The van der Waals surface area contributed by atoms with Crippen molar-refractivity contribution in [2.24, 2.45) is 0 Å². The Morgan fingerprint density at radius 1 is 1.12 bits per heavy atom. The molecule has 1 amide bonds. The third kappa shape index (κ3) is 3.88. The number of carbonyl (C=O) groups is 1. The van der Waals surface area contributed by atoms with E-state index in [1.165, 1.54) is 32.4 Å². The molecule has 0 bridgehead atoms. The number of carbonyl (C=O) groups excluding carboxylic acids is 1. The Balaban J connectivity index is 1.16. The molecule has 0 atom stereocenters. The lowest BCUT2D eigenvalue weighted by Gasteiger charge is -2.43. The van der Waals surface area contributed by atoms with Gasteiger partial charge in [-0.1, -0.05) is 29.8 Å². The van der Waals surface area contributed by atoms with E-state index < -0.39 is 0 Å². The van der Waals surface area contributed by atoms with Gasteiger partial charge in [-0.25, -0.2) is 4.98 Å². The number of pyridine rings is 1. The number of rotatable bonds is 5. The number of hydrogen-bond acceptors (Lipinski definition) is 6. The molecular weight excluding hydrogens is 428 g/mol. The van der Waals surface area contributed by atoms with E-state index in [1.807, 2.05) is 49.5 Å². The van der Waals surface area contributed by atoms with Crippen LogP contribution in [-0.4, -0.2) is 49.5 Å². The van der Waals surface area contributed by atoms with Crippen molar-refractivity contribution in [3.8, 4) is 11.4 Å². The number of aromatic nitrogens is 4. The van der Waals surface area contributed by atoms with E-state index in [9.17, 15) is 4.79 Å². The number of imidazole rings is 1. The van der Waals surface area contributed by atoms with Crippen LogP contribution in [0.1, 0.15) is 60.0 Å². The Hall–Kier alpha value is -3.52. The second-order valence-electron chi connectivity index (χ2n) is 9.43. The van der Waals surface area contributed by atoms with Crippen LogP contribution >= 0.6 is 0 Å². The Bertz CT molecular complexity index is 1330. The highest BCUT2D eigenvalue weighted by Gasteiger charge is 2.38. The van der Waals surface area contributed by atoms with Crippen LogP contribution in [-0.2, 0) is 0 Å². The normalized spacial score (nSPS) is 20.9. The minimum atomic E-state index is -0.217. The predicted octanol–water partition coefficient (Wildman–Crippen LogP) is 4.68. The molecule has 3 aromatic heterocycles. The molecule has 1 N–H and O–H groups in total. The number of anilines is 1. The second-order valence-corrected chi connectivity index (χ2v) is 9.43. The molecule has 1 saturated heterocycles. The van der Waals surface area contributed by atoms with Crippen molar-refractivity contribution in [1.29, 1.82) is 0 Å². The number of fused-ring (bicyclic) bond motifs is 1. The molecule has 4 heterocycles. The van der Waals surface area contributed by atoms with E-state index in [1.54, 1.807) is 10.6 Å². The van der Waals surface area contributed by atoms with Crippen molar-refractivity contribution < 1.29 is 9.32 Å². The number of likely N-dealkylation sites (tertiary alicyclic amines) is 1. The average Bonchev–Trinajstić information content (AvgIpc) is 3.48. The van der Waals surface area contributed by atoms with Crippen molar-refractivity contribution >= 4 is 17.2 Å². The summed E-state index contributed by atoms with van der Waals surface area (Å²) < 4.78 is 7.41. The SMILES string of the molecule is Cc1ccc(-c2noc([C@H]3C[C@@H](N4CCCCC4)C3)n2)cc1NC(=O)c1cnc2ccccn12. The van der Waals surface area contributed by atoms with Crippen molar-refractivity contribution in [2.75, 3.05) is 18.4 Å². The molecule has 34 heavy (non-hydrogen) atoms. The Morgan fingerprint density at radius 2 is 1.97 bits per heavy atom. The highest BCUT2D eigenvalue weighted by atomic mass is 16.5. The van der Waals surface area contributed by atoms with Gasteiger partial charge in [0.2, 0.25) is 11.7 Å². The number of nitrogens with one attached hydrogen (secondary N) is 1. The number of nitrogens with zero attached hydrogens (tertiary/aromatic N) is 5. The van der Waals surface area contributed by atoms with Crippen LogP contribution in [0.4, 0.5) is 5.69 Å². The molecule has 0 unspecified atom stereocenters. The summed E-state index contributed by atoms with van der Waals surface area (Å²) in [5, 5.41) is 7.26. The monoisotopic (exact) mass is 456 g/mol. The summed E-state index contributed by atoms with van der Waals surface area (Å²) in [4.78, 5) is 24.6. The first-order valence-corrected chi connectivity index (χ1v) is 12.1. The minimum absolute atomic E-state index is 0.217. The van der Waals surface area contributed by atoms with Gasteiger partial charge in [0.05, 0.1) is 6.20 Å². The molecule has 1 aromatic carbocycles. The maximum absolute atomic E-state index is 13.0. The van der Waals surface area contributed by atoms with Crippen LogP contribution in [0, 0.1) is 6.92 Å². The predicted molar refractivity (Wildman–Crippen MR) is 129 cm³/mol. The van der Waals surface area contributed by atoms with E-state index in [0.717, 1.165) is 35.5 Å². The lowest BCUT2D eigenvalue weighted by molar-refractivity contribution is 0.0783. The first-order valence-electron chi connectivity index (χ1n) is 12.1. The molecule has 1 saturated carbocycles. The Labute approximate surface area is 198 Å². The molecule has 2 aliphatic rings. The highest BCUT2D eigenvalue weighted by molar-refractivity contribution is 6.04. The van der Waals surface area contributed by atoms with Crippen LogP contribution < -0.4 is 5.32 Å². The standard InChI is InChI=1S/C26H28N6O2/c1-17-8-9-18(15-21(17)28-25(33)22-16-27-23-7-3-6-12-32(22)23)24-29-26(34-30-24)19-13-20(14-19)31-10-4-2-5-11-31/h3,6-9,12,15-16,19-20H,2,4-5,10-11,13-14H2,1H3,(H,28,33)/t19-,20+. The van der Waals surface area contributed by atoms with E-state index in [-0.39, 0.29) is 5.91 Å². The summed E-state index contributed by atoms with van der Waals surface area (Å²) in [5.74, 6) is 1.40. The lowest BCUT2D eigenvalue weighted by Crippen LogP contribution is -2.46. The quantitative estimate of drug-likeness (QED) is 0.469.